The van der Waals surface area contributed by atoms with Crippen molar-refractivity contribution >= 4 is 29.3 Å². The van der Waals surface area contributed by atoms with Crippen LogP contribution in [0, 0.1) is 6.92 Å². The standard InChI is InChI=1S/C11H16ClN3S/c1-9-10(7-12)8-13-11(14-9)15-3-2-5-16-6-4-15/h8H,2-7H2,1H3. The first kappa shape index (κ1) is 12.0. The Hall–Kier alpha value is -0.480. The van der Waals surface area contributed by atoms with Gasteiger partial charge < -0.3 is 4.90 Å². The minimum atomic E-state index is 0.488. The Kier molecular flexibility index (Phi) is 4.29. The average molecular weight is 258 g/mol. The van der Waals surface area contributed by atoms with E-state index in [2.05, 4.69) is 14.9 Å². The van der Waals surface area contributed by atoms with Crippen molar-refractivity contribution in [2.75, 3.05) is 29.5 Å². The van der Waals surface area contributed by atoms with Crippen LogP contribution in [0.2, 0.25) is 0 Å². The number of halogens is 1. The van der Waals surface area contributed by atoms with Crippen molar-refractivity contribution in [2.45, 2.75) is 19.2 Å². The summed E-state index contributed by atoms with van der Waals surface area (Å²) in [5.74, 6) is 3.76. The van der Waals surface area contributed by atoms with Crippen LogP contribution >= 0.6 is 23.4 Å². The molecule has 1 saturated heterocycles. The Balaban J connectivity index is 2.16. The fraction of sp³-hybridized carbons (Fsp3) is 0.636. The lowest BCUT2D eigenvalue weighted by Crippen LogP contribution is -2.27. The maximum absolute atomic E-state index is 5.80. The highest BCUT2D eigenvalue weighted by molar-refractivity contribution is 7.99. The number of aryl methyl sites for hydroxylation is 1. The molecule has 5 heteroatoms. The molecule has 0 amide bonds. The van der Waals surface area contributed by atoms with Crippen LogP contribution in [0.3, 0.4) is 0 Å². The molecule has 0 bridgehead atoms. The Morgan fingerprint density at radius 2 is 2.31 bits per heavy atom. The maximum Gasteiger partial charge on any atom is 0.225 e. The van der Waals surface area contributed by atoms with E-state index in [-0.39, 0.29) is 0 Å². The molecule has 0 radical (unpaired) electrons. The van der Waals surface area contributed by atoms with Crippen molar-refractivity contribution in [2.24, 2.45) is 0 Å². The molecule has 1 aliphatic heterocycles. The smallest absolute Gasteiger partial charge is 0.225 e. The number of hydrogen-bond donors (Lipinski definition) is 0. The monoisotopic (exact) mass is 257 g/mol. The molecule has 1 aromatic rings. The van der Waals surface area contributed by atoms with Crippen LogP contribution in [0.15, 0.2) is 6.20 Å². The summed E-state index contributed by atoms with van der Waals surface area (Å²) in [7, 11) is 0. The minimum absolute atomic E-state index is 0.488. The Morgan fingerprint density at radius 3 is 3.06 bits per heavy atom. The molecule has 0 spiro atoms. The van der Waals surface area contributed by atoms with Crippen LogP contribution in [-0.2, 0) is 5.88 Å². The highest BCUT2D eigenvalue weighted by Crippen LogP contribution is 2.17. The second kappa shape index (κ2) is 5.73. The van der Waals surface area contributed by atoms with Gasteiger partial charge in [-0.05, 0) is 19.1 Å². The Labute approximate surface area is 106 Å². The molecule has 2 heterocycles. The second-order valence-electron chi connectivity index (χ2n) is 3.87. The number of aromatic nitrogens is 2. The van der Waals surface area contributed by atoms with Crippen LogP contribution < -0.4 is 4.90 Å². The maximum atomic E-state index is 5.80. The van der Waals surface area contributed by atoms with Gasteiger partial charge in [0.05, 0.1) is 5.88 Å². The average Bonchev–Trinajstić information content (AvgIpc) is 2.57. The van der Waals surface area contributed by atoms with Crippen molar-refractivity contribution in [3.05, 3.63) is 17.5 Å². The molecule has 0 atom stereocenters. The van der Waals surface area contributed by atoms with E-state index < -0.39 is 0 Å². The zero-order chi connectivity index (χ0) is 11.4. The molecule has 0 N–H and O–H groups in total. The van der Waals surface area contributed by atoms with Gasteiger partial charge >= 0.3 is 0 Å². The third-order valence-electron chi connectivity index (χ3n) is 2.72. The van der Waals surface area contributed by atoms with Gasteiger partial charge in [-0.2, -0.15) is 11.8 Å². The van der Waals surface area contributed by atoms with Gasteiger partial charge in [0.2, 0.25) is 5.95 Å². The summed E-state index contributed by atoms with van der Waals surface area (Å²) in [6, 6.07) is 0. The first-order valence-electron chi connectivity index (χ1n) is 5.52. The first-order valence-corrected chi connectivity index (χ1v) is 7.21. The van der Waals surface area contributed by atoms with Gasteiger partial charge in [0.15, 0.2) is 0 Å². The zero-order valence-corrected chi connectivity index (χ0v) is 11.0. The van der Waals surface area contributed by atoms with Crippen molar-refractivity contribution in [3.63, 3.8) is 0 Å². The van der Waals surface area contributed by atoms with Crippen LogP contribution in [0.1, 0.15) is 17.7 Å². The van der Waals surface area contributed by atoms with Crippen molar-refractivity contribution in [1.29, 1.82) is 0 Å². The van der Waals surface area contributed by atoms with Crippen LogP contribution in [-0.4, -0.2) is 34.6 Å². The minimum Gasteiger partial charge on any atom is -0.340 e. The van der Waals surface area contributed by atoms with E-state index in [0.29, 0.717) is 5.88 Å². The highest BCUT2D eigenvalue weighted by Gasteiger charge is 2.13. The quantitative estimate of drug-likeness (QED) is 0.762. The normalized spacial score (nSPS) is 17.2. The third kappa shape index (κ3) is 2.80. The largest absolute Gasteiger partial charge is 0.340 e. The highest BCUT2D eigenvalue weighted by atomic mass is 35.5. The number of nitrogens with zero attached hydrogens (tertiary/aromatic N) is 3. The fourth-order valence-electron chi connectivity index (χ4n) is 1.71. The van der Waals surface area contributed by atoms with Gasteiger partial charge in [-0.3, -0.25) is 0 Å². The van der Waals surface area contributed by atoms with Crippen LogP contribution in [0.25, 0.3) is 0 Å². The Bertz CT molecular complexity index is 351. The van der Waals surface area contributed by atoms with Crippen molar-refractivity contribution in [3.8, 4) is 0 Å². The molecule has 88 valence electrons. The molecule has 0 aromatic carbocycles. The molecule has 1 aromatic heterocycles. The predicted molar refractivity (Wildman–Crippen MR) is 70.5 cm³/mol. The lowest BCUT2D eigenvalue weighted by Gasteiger charge is -2.20. The summed E-state index contributed by atoms with van der Waals surface area (Å²) < 4.78 is 0. The summed E-state index contributed by atoms with van der Waals surface area (Å²) >= 11 is 7.81. The summed E-state index contributed by atoms with van der Waals surface area (Å²) in [5, 5.41) is 0. The molecule has 0 unspecified atom stereocenters. The summed E-state index contributed by atoms with van der Waals surface area (Å²) in [5.41, 5.74) is 2.02. The summed E-state index contributed by atoms with van der Waals surface area (Å²) in [6.45, 7) is 4.10. The van der Waals surface area contributed by atoms with E-state index in [9.17, 15) is 0 Å². The molecule has 2 rings (SSSR count). The van der Waals surface area contributed by atoms with Gasteiger partial charge in [-0.25, -0.2) is 9.97 Å². The number of anilines is 1. The molecule has 0 aliphatic carbocycles. The van der Waals surface area contributed by atoms with Crippen molar-refractivity contribution < 1.29 is 0 Å². The molecule has 1 fully saturated rings. The van der Waals surface area contributed by atoms with E-state index in [1.807, 2.05) is 24.9 Å². The van der Waals surface area contributed by atoms with E-state index in [1.165, 1.54) is 17.9 Å². The second-order valence-corrected chi connectivity index (χ2v) is 5.36. The molecule has 0 saturated carbocycles. The summed E-state index contributed by atoms with van der Waals surface area (Å²) in [6.07, 6.45) is 3.06. The topological polar surface area (TPSA) is 29.0 Å². The van der Waals surface area contributed by atoms with E-state index in [0.717, 1.165) is 30.3 Å². The number of thioether (sulfide) groups is 1. The predicted octanol–water partition coefficient (Wildman–Crippen LogP) is 2.47. The molecule has 16 heavy (non-hydrogen) atoms. The number of hydrogen-bond acceptors (Lipinski definition) is 4. The number of alkyl halides is 1. The Morgan fingerprint density at radius 1 is 1.44 bits per heavy atom. The molecule has 1 aliphatic rings. The zero-order valence-electron chi connectivity index (χ0n) is 9.45. The van der Waals surface area contributed by atoms with Crippen LogP contribution in [0.4, 0.5) is 5.95 Å². The van der Waals surface area contributed by atoms with Crippen LogP contribution in [0.5, 0.6) is 0 Å². The number of rotatable bonds is 2. The van der Waals surface area contributed by atoms with Gasteiger partial charge in [0.25, 0.3) is 0 Å². The SMILES string of the molecule is Cc1nc(N2CCCSCC2)ncc1CCl. The lowest BCUT2D eigenvalue weighted by molar-refractivity contribution is 0.777. The third-order valence-corrected chi connectivity index (χ3v) is 4.05. The van der Waals surface area contributed by atoms with Crippen molar-refractivity contribution in [1.82, 2.24) is 9.97 Å². The van der Waals surface area contributed by atoms with E-state index >= 15 is 0 Å². The molecular weight excluding hydrogens is 242 g/mol. The molecular formula is C11H16ClN3S. The van der Waals surface area contributed by atoms with Gasteiger partial charge in [-0.15, -0.1) is 11.6 Å². The summed E-state index contributed by atoms with van der Waals surface area (Å²) in [4.78, 5) is 11.2. The lowest BCUT2D eigenvalue weighted by atomic mass is 10.3. The van der Waals surface area contributed by atoms with Gasteiger partial charge in [-0.1, -0.05) is 0 Å². The van der Waals surface area contributed by atoms with E-state index in [4.69, 9.17) is 11.6 Å². The van der Waals surface area contributed by atoms with Gasteiger partial charge in [0, 0.05) is 36.3 Å². The fourth-order valence-corrected chi connectivity index (χ4v) is 2.86. The van der Waals surface area contributed by atoms with Gasteiger partial charge in [0.1, 0.15) is 0 Å². The van der Waals surface area contributed by atoms with E-state index in [1.54, 1.807) is 0 Å². The molecule has 3 nitrogen and oxygen atoms in total. The first-order chi connectivity index (χ1) is 7.81.